The van der Waals surface area contributed by atoms with E-state index in [1.165, 1.54) is 0 Å². The van der Waals surface area contributed by atoms with E-state index in [0.717, 1.165) is 0 Å². The molecule has 0 saturated carbocycles. The summed E-state index contributed by atoms with van der Waals surface area (Å²) >= 11 is 0. The zero-order chi connectivity index (χ0) is 20.1. The number of halogens is 4. The minimum absolute atomic E-state index is 0.379. The van der Waals surface area contributed by atoms with Crippen LogP contribution in [-0.2, 0) is 20.0 Å². The van der Waals surface area contributed by atoms with Crippen molar-refractivity contribution in [2.45, 2.75) is 12.8 Å². The third-order valence-electron chi connectivity index (χ3n) is 3.06. The van der Waals surface area contributed by atoms with Crippen molar-refractivity contribution in [3.05, 3.63) is 29.3 Å². The molecule has 0 radical (unpaired) electrons. The molecule has 0 aliphatic rings. The summed E-state index contributed by atoms with van der Waals surface area (Å²) in [7, 11) is -9.75. The lowest BCUT2D eigenvalue weighted by Crippen LogP contribution is -2.41. The summed E-state index contributed by atoms with van der Waals surface area (Å²) in [5, 5.41) is 8.84. The SMILES string of the molecule is O=C(O)c1c(F)ccc(N(S(=O)(=O)CCCF)S(=O)(=O)CCCF)c1F. The molecular weight excluding hydrogens is 406 g/mol. The van der Waals surface area contributed by atoms with Gasteiger partial charge in [0.25, 0.3) is 0 Å². The quantitative estimate of drug-likeness (QED) is 0.578. The molecule has 0 bridgehead atoms. The summed E-state index contributed by atoms with van der Waals surface area (Å²) in [6.45, 7) is -2.24. The van der Waals surface area contributed by atoms with Crippen molar-refractivity contribution >= 4 is 31.7 Å². The largest absolute Gasteiger partial charge is 0.477 e. The fourth-order valence-corrected chi connectivity index (χ4v) is 5.98. The second-order valence-corrected chi connectivity index (χ2v) is 9.08. The first kappa shape index (κ1) is 22.2. The number of hydrogen-bond acceptors (Lipinski definition) is 5. The lowest BCUT2D eigenvalue weighted by molar-refractivity contribution is 0.0686. The van der Waals surface area contributed by atoms with Gasteiger partial charge in [-0.15, -0.1) is 0 Å². The number of anilines is 1. The highest BCUT2D eigenvalue weighted by atomic mass is 32.3. The molecule has 1 N–H and O–H groups in total. The van der Waals surface area contributed by atoms with Gasteiger partial charge in [-0.05, 0) is 25.0 Å². The van der Waals surface area contributed by atoms with Gasteiger partial charge in [0, 0.05) is 0 Å². The number of aromatic carboxylic acids is 1. The highest BCUT2D eigenvalue weighted by molar-refractivity contribution is 8.10. The molecule has 13 heteroatoms. The Morgan fingerprint density at radius 3 is 1.81 bits per heavy atom. The molecule has 7 nitrogen and oxygen atoms in total. The van der Waals surface area contributed by atoms with E-state index >= 15 is 0 Å². The van der Waals surface area contributed by atoms with Gasteiger partial charge >= 0.3 is 5.97 Å². The van der Waals surface area contributed by atoms with Crippen LogP contribution in [0.1, 0.15) is 23.2 Å². The van der Waals surface area contributed by atoms with Crippen molar-refractivity contribution in [3.8, 4) is 0 Å². The molecule has 0 aliphatic heterocycles. The number of carbonyl (C=O) groups is 1. The molecule has 1 aromatic rings. The van der Waals surface area contributed by atoms with E-state index < -0.39 is 90.3 Å². The van der Waals surface area contributed by atoms with E-state index in [-0.39, 0.29) is 0 Å². The van der Waals surface area contributed by atoms with Gasteiger partial charge in [0.2, 0.25) is 20.0 Å². The maximum atomic E-state index is 14.4. The lowest BCUT2D eigenvalue weighted by atomic mass is 10.2. The van der Waals surface area contributed by atoms with Crippen molar-refractivity contribution in [2.75, 3.05) is 28.6 Å². The maximum Gasteiger partial charge on any atom is 0.341 e. The van der Waals surface area contributed by atoms with Gasteiger partial charge in [-0.3, -0.25) is 8.78 Å². The Morgan fingerprint density at radius 1 is 0.962 bits per heavy atom. The van der Waals surface area contributed by atoms with Gasteiger partial charge in [0.1, 0.15) is 17.1 Å². The summed E-state index contributed by atoms with van der Waals surface area (Å²) in [6.07, 6.45) is -1.24. The van der Waals surface area contributed by atoms with E-state index in [4.69, 9.17) is 5.11 Å². The van der Waals surface area contributed by atoms with E-state index in [1.807, 2.05) is 0 Å². The third kappa shape index (κ3) is 4.84. The minimum Gasteiger partial charge on any atom is -0.477 e. The first-order valence-corrected chi connectivity index (χ1v) is 10.3. The van der Waals surface area contributed by atoms with E-state index in [2.05, 4.69) is 0 Å². The van der Waals surface area contributed by atoms with Crippen LogP contribution in [0.3, 0.4) is 0 Å². The van der Waals surface area contributed by atoms with E-state index in [9.17, 15) is 39.2 Å². The summed E-state index contributed by atoms with van der Waals surface area (Å²) in [5.74, 6) is -7.68. The third-order valence-corrected chi connectivity index (χ3v) is 7.43. The molecule has 0 saturated heterocycles. The zero-order valence-corrected chi connectivity index (χ0v) is 14.8. The van der Waals surface area contributed by atoms with Crippen LogP contribution in [0.5, 0.6) is 0 Å². The summed E-state index contributed by atoms with van der Waals surface area (Å²) in [5.41, 5.74) is -2.82. The Bertz CT molecular complexity index is 835. The predicted molar refractivity (Wildman–Crippen MR) is 84.6 cm³/mol. The van der Waals surface area contributed by atoms with Crippen LogP contribution in [0.4, 0.5) is 23.2 Å². The van der Waals surface area contributed by atoms with Gasteiger partial charge in [-0.1, -0.05) is 0 Å². The van der Waals surface area contributed by atoms with Gasteiger partial charge in [-0.25, -0.2) is 30.4 Å². The fourth-order valence-electron chi connectivity index (χ4n) is 1.99. The molecule has 0 unspecified atom stereocenters. The van der Waals surface area contributed by atoms with Crippen molar-refractivity contribution < 1.29 is 44.3 Å². The van der Waals surface area contributed by atoms with Crippen molar-refractivity contribution in [3.63, 3.8) is 0 Å². The number of carboxylic acid groups (broad SMARTS) is 1. The zero-order valence-electron chi connectivity index (χ0n) is 13.2. The minimum atomic E-state index is -4.88. The van der Waals surface area contributed by atoms with Crippen LogP contribution in [0.15, 0.2) is 12.1 Å². The normalized spacial score (nSPS) is 12.2. The van der Waals surface area contributed by atoms with Crippen molar-refractivity contribution in [1.82, 2.24) is 0 Å². The maximum absolute atomic E-state index is 14.4. The highest BCUT2D eigenvalue weighted by Gasteiger charge is 2.37. The standard InChI is InChI=1S/C13H15F4NO6S2/c14-5-1-7-25(21,22)18(26(23,24)8-2-6-15)10-4-3-9(16)11(12(10)17)13(19)20/h3-4H,1-2,5-8H2,(H,19,20). The lowest BCUT2D eigenvalue weighted by Gasteiger charge is -2.24. The number of carboxylic acids is 1. The molecule has 1 rings (SSSR count). The Balaban J connectivity index is 3.67. The van der Waals surface area contributed by atoms with Gasteiger partial charge in [0.15, 0.2) is 5.82 Å². The van der Waals surface area contributed by atoms with Crippen LogP contribution in [0.2, 0.25) is 0 Å². The summed E-state index contributed by atoms with van der Waals surface area (Å²) in [6, 6.07) is 0.807. The van der Waals surface area contributed by atoms with Crippen LogP contribution in [-0.4, -0.2) is 52.8 Å². The number of alkyl halides is 2. The first-order valence-electron chi connectivity index (χ1n) is 7.08. The predicted octanol–water partition coefficient (Wildman–Crippen LogP) is 1.85. The molecule has 0 aliphatic carbocycles. The summed E-state index contributed by atoms with van der Waals surface area (Å²) in [4.78, 5) is 11.0. The Hall–Kier alpha value is -1.89. The fraction of sp³-hybridized carbons (Fsp3) is 0.462. The first-order chi connectivity index (χ1) is 12.0. The average molecular weight is 421 g/mol. The van der Waals surface area contributed by atoms with Crippen LogP contribution in [0, 0.1) is 11.6 Å². The van der Waals surface area contributed by atoms with Gasteiger partial charge in [0.05, 0.1) is 24.9 Å². The van der Waals surface area contributed by atoms with Gasteiger partial charge in [-0.2, -0.15) is 3.71 Å². The Morgan fingerprint density at radius 2 is 1.42 bits per heavy atom. The molecule has 26 heavy (non-hydrogen) atoms. The molecule has 0 atom stereocenters. The smallest absolute Gasteiger partial charge is 0.341 e. The molecule has 1 aromatic carbocycles. The van der Waals surface area contributed by atoms with E-state index in [0.29, 0.717) is 12.1 Å². The highest BCUT2D eigenvalue weighted by Crippen LogP contribution is 2.30. The molecule has 0 spiro atoms. The second kappa shape index (κ2) is 8.66. The Labute approximate surface area is 147 Å². The average Bonchev–Trinajstić information content (AvgIpc) is 2.53. The van der Waals surface area contributed by atoms with Crippen LogP contribution < -0.4 is 3.71 Å². The molecular formula is C13H15F4NO6S2. The molecule has 0 amide bonds. The number of hydrogen-bond donors (Lipinski definition) is 1. The van der Waals surface area contributed by atoms with Crippen LogP contribution in [0.25, 0.3) is 0 Å². The number of rotatable bonds is 10. The summed E-state index contributed by atoms with van der Waals surface area (Å²) < 4.78 is 101. The Kier molecular flexibility index (Phi) is 7.38. The molecule has 0 heterocycles. The van der Waals surface area contributed by atoms with Crippen LogP contribution >= 0.6 is 0 Å². The van der Waals surface area contributed by atoms with Crippen molar-refractivity contribution in [1.29, 1.82) is 0 Å². The topological polar surface area (TPSA) is 109 Å². The number of sulfonamides is 2. The molecule has 0 fully saturated rings. The van der Waals surface area contributed by atoms with Crippen molar-refractivity contribution in [2.24, 2.45) is 0 Å². The second-order valence-electron chi connectivity index (χ2n) is 4.97. The van der Waals surface area contributed by atoms with E-state index in [1.54, 1.807) is 0 Å². The number of nitrogens with zero attached hydrogens (tertiary/aromatic N) is 1. The molecule has 148 valence electrons. The monoisotopic (exact) mass is 421 g/mol. The molecule has 0 aromatic heterocycles. The van der Waals surface area contributed by atoms with Gasteiger partial charge < -0.3 is 5.11 Å². The number of benzene rings is 1.